The summed E-state index contributed by atoms with van der Waals surface area (Å²) in [5.41, 5.74) is 12.1. The maximum Gasteiger partial charge on any atom is 0.336 e. The van der Waals surface area contributed by atoms with Gasteiger partial charge in [-0.3, -0.25) is 9.59 Å². The smallest absolute Gasteiger partial charge is 0.336 e. The number of hydrogen-bond acceptors (Lipinski definition) is 7. The highest BCUT2D eigenvalue weighted by molar-refractivity contribution is 5.82. The minimum Gasteiger partial charge on any atom is -0.480 e. The van der Waals surface area contributed by atoms with Crippen molar-refractivity contribution in [1.29, 1.82) is 0 Å². The van der Waals surface area contributed by atoms with E-state index >= 15 is 0 Å². The second-order valence-electron chi connectivity index (χ2n) is 6.12. The Morgan fingerprint density at radius 1 is 1.30 bits per heavy atom. The summed E-state index contributed by atoms with van der Waals surface area (Å²) in [6, 6.07) is 5.76. The molecule has 0 amide bonds. The molecule has 1 aromatic carbocycles. The molecule has 9 heteroatoms. The SMILES string of the molecule is CC(N)C(=O)O.Cc1cc(=O)oc2cc(N)ccc12.O=C(O)[C@@H]1CCCN1. The Balaban J connectivity index is 0.000000224. The molecular formula is C18H25N3O6. The van der Waals surface area contributed by atoms with Gasteiger partial charge in [0, 0.05) is 23.2 Å². The molecule has 0 radical (unpaired) electrons. The van der Waals surface area contributed by atoms with Crippen LogP contribution < -0.4 is 22.4 Å². The fourth-order valence-electron chi connectivity index (χ4n) is 2.24. The normalized spacial score (nSPS) is 16.5. The number of fused-ring (bicyclic) bond motifs is 1. The Labute approximate surface area is 156 Å². The first-order chi connectivity index (χ1) is 12.6. The van der Waals surface area contributed by atoms with Crippen LogP contribution in [0.3, 0.4) is 0 Å². The molecule has 0 aliphatic carbocycles. The summed E-state index contributed by atoms with van der Waals surface area (Å²) in [4.78, 5) is 30.7. The lowest BCUT2D eigenvalue weighted by molar-refractivity contribution is -0.139. The summed E-state index contributed by atoms with van der Waals surface area (Å²) in [7, 11) is 0. The van der Waals surface area contributed by atoms with Crippen molar-refractivity contribution in [3.63, 3.8) is 0 Å². The molecule has 27 heavy (non-hydrogen) atoms. The van der Waals surface area contributed by atoms with Crippen LogP contribution >= 0.6 is 0 Å². The standard InChI is InChI=1S/C10H9NO2.C5H9NO2.C3H7NO2/c1-6-4-10(12)13-9-5-7(11)2-3-8(6)9;7-5(8)4-2-1-3-6-4;1-2(4)3(5)6/h2-5H,11H2,1H3;4,6H,1-3H2,(H,7,8);2H,4H2,1H3,(H,5,6)/t;4-;/m.0./s1. The first kappa shape index (κ1) is 22.1. The van der Waals surface area contributed by atoms with Crippen molar-refractivity contribution in [2.75, 3.05) is 12.3 Å². The molecule has 9 nitrogen and oxygen atoms in total. The van der Waals surface area contributed by atoms with Crippen molar-refractivity contribution >= 4 is 28.6 Å². The summed E-state index contributed by atoms with van der Waals surface area (Å²) >= 11 is 0. The third-order valence-electron chi connectivity index (χ3n) is 3.72. The Hall–Kier alpha value is -2.91. The summed E-state index contributed by atoms with van der Waals surface area (Å²) in [5, 5.41) is 20.0. The number of nitrogen functional groups attached to an aromatic ring is 1. The van der Waals surface area contributed by atoms with Crippen molar-refractivity contribution in [1.82, 2.24) is 5.32 Å². The molecule has 0 bridgehead atoms. The monoisotopic (exact) mass is 379 g/mol. The van der Waals surface area contributed by atoms with Crippen molar-refractivity contribution < 1.29 is 24.2 Å². The van der Waals surface area contributed by atoms with Crippen molar-refractivity contribution in [2.24, 2.45) is 5.73 Å². The summed E-state index contributed by atoms with van der Waals surface area (Å²) in [6.07, 6.45) is 1.78. The van der Waals surface area contributed by atoms with Gasteiger partial charge in [-0.05, 0) is 50.9 Å². The van der Waals surface area contributed by atoms with Crippen LogP contribution in [0, 0.1) is 6.92 Å². The van der Waals surface area contributed by atoms with E-state index in [0.29, 0.717) is 11.3 Å². The molecular weight excluding hydrogens is 354 g/mol. The number of anilines is 1. The van der Waals surface area contributed by atoms with E-state index in [4.69, 9.17) is 26.1 Å². The Morgan fingerprint density at radius 3 is 2.37 bits per heavy atom. The van der Waals surface area contributed by atoms with Crippen molar-refractivity contribution in [2.45, 2.75) is 38.8 Å². The summed E-state index contributed by atoms with van der Waals surface area (Å²) in [5.74, 6) is -1.68. The van der Waals surface area contributed by atoms with Gasteiger partial charge < -0.3 is 31.4 Å². The van der Waals surface area contributed by atoms with E-state index in [1.165, 1.54) is 13.0 Å². The maximum atomic E-state index is 11.0. The van der Waals surface area contributed by atoms with Gasteiger partial charge in [-0.25, -0.2) is 4.79 Å². The molecule has 1 aromatic heterocycles. The van der Waals surface area contributed by atoms with E-state index in [2.05, 4.69) is 5.32 Å². The second-order valence-corrected chi connectivity index (χ2v) is 6.12. The van der Waals surface area contributed by atoms with Gasteiger partial charge in [-0.2, -0.15) is 0 Å². The van der Waals surface area contributed by atoms with Crippen LogP contribution in [0.1, 0.15) is 25.3 Å². The minimum atomic E-state index is -0.963. The lowest BCUT2D eigenvalue weighted by atomic mass is 10.1. The number of rotatable bonds is 2. The lowest BCUT2D eigenvalue weighted by Crippen LogP contribution is -2.29. The molecule has 3 rings (SSSR count). The van der Waals surface area contributed by atoms with Gasteiger partial charge in [-0.1, -0.05) is 0 Å². The Morgan fingerprint density at radius 2 is 1.93 bits per heavy atom. The number of hydrogen-bond donors (Lipinski definition) is 5. The van der Waals surface area contributed by atoms with E-state index in [-0.39, 0.29) is 11.7 Å². The van der Waals surface area contributed by atoms with Crippen LogP contribution in [0.25, 0.3) is 11.0 Å². The van der Waals surface area contributed by atoms with Gasteiger partial charge in [0.05, 0.1) is 0 Å². The molecule has 1 unspecified atom stereocenters. The van der Waals surface area contributed by atoms with Crippen LogP contribution in [0.15, 0.2) is 33.5 Å². The zero-order valence-corrected chi connectivity index (χ0v) is 15.3. The number of carboxylic acids is 2. The largest absolute Gasteiger partial charge is 0.480 e. The second kappa shape index (κ2) is 10.3. The highest BCUT2D eigenvalue weighted by Gasteiger charge is 2.20. The minimum absolute atomic E-state index is 0.269. The van der Waals surface area contributed by atoms with Gasteiger partial charge >= 0.3 is 17.6 Å². The van der Waals surface area contributed by atoms with Gasteiger partial charge in [0.2, 0.25) is 0 Å². The molecule has 2 aromatic rings. The number of carboxylic acid groups (broad SMARTS) is 2. The quantitative estimate of drug-likeness (QED) is 0.376. The van der Waals surface area contributed by atoms with Gasteiger partial charge in [0.15, 0.2) is 0 Å². The number of carbonyl (C=O) groups is 2. The first-order valence-corrected chi connectivity index (χ1v) is 8.36. The van der Waals surface area contributed by atoms with Crippen LogP contribution in [0.5, 0.6) is 0 Å². The van der Waals surface area contributed by atoms with Crippen molar-refractivity contribution in [3.8, 4) is 0 Å². The number of aliphatic carboxylic acids is 2. The van der Waals surface area contributed by atoms with E-state index in [9.17, 15) is 14.4 Å². The molecule has 7 N–H and O–H groups in total. The molecule has 148 valence electrons. The molecule has 0 saturated carbocycles. The first-order valence-electron chi connectivity index (χ1n) is 8.36. The molecule has 1 saturated heterocycles. The zero-order valence-electron chi connectivity index (χ0n) is 15.3. The van der Waals surface area contributed by atoms with Crippen LogP contribution in [-0.4, -0.2) is 40.8 Å². The maximum absolute atomic E-state index is 11.0. The van der Waals surface area contributed by atoms with E-state index < -0.39 is 18.0 Å². The predicted octanol–water partition coefficient (Wildman–Crippen LogP) is 0.925. The Kier molecular flexibility index (Phi) is 8.43. The number of nitrogens with one attached hydrogen (secondary N) is 1. The highest BCUT2D eigenvalue weighted by Crippen LogP contribution is 2.18. The summed E-state index contributed by atoms with van der Waals surface area (Å²) in [6.45, 7) is 4.15. The van der Waals surface area contributed by atoms with Gasteiger partial charge in [0.1, 0.15) is 17.7 Å². The molecule has 1 aliphatic rings. The molecule has 2 heterocycles. The van der Waals surface area contributed by atoms with Gasteiger partial charge in [-0.15, -0.1) is 0 Å². The molecule has 1 fully saturated rings. The van der Waals surface area contributed by atoms with Crippen LogP contribution in [0.4, 0.5) is 5.69 Å². The van der Waals surface area contributed by atoms with Gasteiger partial charge in [0.25, 0.3) is 0 Å². The predicted molar refractivity (Wildman–Crippen MR) is 102 cm³/mol. The highest BCUT2D eigenvalue weighted by atomic mass is 16.4. The lowest BCUT2D eigenvalue weighted by Gasteiger charge is -2.00. The molecule has 1 aliphatic heterocycles. The fraction of sp³-hybridized carbons (Fsp3) is 0.389. The van der Waals surface area contributed by atoms with E-state index in [1.807, 2.05) is 13.0 Å². The van der Waals surface area contributed by atoms with E-state index in [0.717, 1.165) is 30.3 Å². The summed E-state index contributed by atoms with van der Waals surface area (Å²) < 4.78 is 4.99. The third-order valence-corrected chi connectivity index (χ3v) is 3.72. The van der Waals surface area contributed by atoms with Crippen LogP contribution in [0.2, 0.25) is 0 Å². The van der Waals surface area contributed by atoms with Crippen molar-refractivity contribution in [3.05, 3.63) is 40.2 Å². The number of benzene rings is 1. The number of aryl methyl sites for hydroxylation is 1. The zero-order chi connectivity index (χ0) is 20.6. The topological polar surface area (TPSA) is 169 Å². The van der Waals surface area contributed by atoms with Crippen LogP contribution in [-0.2, 0) is 9.59 Å². The van der Waals surface area contributed by atoms with E-state index in [1.54, 1.807) is 12.1 Å². The third kappa shape index (κ3) is 7.47. The fourth-order valence-corrected chi connectivity index (χ4v) is 2.24. The average molecular weight is 379 g/mol. The average Bonchev–Trinajstić information content (AvgIpc) is 3.10. The number of nitrogens with two attached hydrogens (primary N) is 2. The molecule has 2 atom stereocenters. The Bertz CT molecular complexity index is 841. The molecule has 0 spiro atoms.